The van der Waals surface area contributed by atoms with E-state index in [1.807, 2.05) is 6.07 Å². The van der Waals surface area contributed by atoms with Crippen molar-refractivity contribution in [2.45, 2.75) is 19.0 Å². The molecule has 9 heteroatoms. The third-order valence-corrected chi connectivity index (χ3v) is 4.27. The Labute approximate surface area is 149 Å². The van der Waals surface area contributed by atoms with E-state index in [9.17, 15) is 18.0 Å². The normalized spacial score (nSPS) is 18.7. The van der Waals surface area contributed by atoms with Crippen molar-refractivity contribution in [3.63, 3.8) is 0 Å². The molecule has 1 atom stereocenters. The zero-order valence-electron chi connectivity index (χ0n) is 14.3. The number of benzene rings is 1. The lowest BCUT2D eigenvalue weighted by Crippen LogP contribution is -2.44. The number of aryl methyl sites for hydroxylation is 1. The van der Waals surface area contributed by atoms with Crippen LogP contribution in [0.1, 0.15) is 12.8 Å². The zero-order valence-corrected chi connectivity index (χ0v) is 14.3. The molecular formula is C17H20F3N5O. The fraction of sp³-hybridized carbons (Fsp3) is 0.471. The summed E-state index contributed by atoms with van der Waals surface area (Å²) in [7, 11) is 1.76. The van der Waals surface area contributed by atoms with Crippen LogP contribution in [0.15, 0.2) is 30.6 Å². The minimum atomic E-state index is -4.25. The van der Waals surface area contributed by atoms with Gasteiger partial charge in [0.2, 0.25) is 5.91 Å². The molecule has 1 aliphatic rings. The fourth-order valence-electron chi connectivity index (χ4n) is 3.12. The van der Waals surface area contributed by atoms with Crippen molar-refractivity contribution in [3.8, 4) is 11.4 Å². The number of nitrogens with one attached hydrogen (secondary N) is 1. The first-order chi connectivity index (χ1) is 12.3. The highest BCUT2D eigenvalue weighted by Gasteiger charge is 2.34. The molecule has 1 N–H and O–H groups in total. The molecule has 1 aromatic carbocycles. The van der Waals surface area contributed by atoms with Crippen molar-refractivity contribution in [2.24, 2.45) is 13.0 Å². The number of piperidine rings is 1. The van der Waals surface area contributed by atoms with Gasteiger partial charge in [0, 0.05) is 24.8 Å². The smallest absolute Gasteiger partial charge is 0.326 e. The molecule has 1 aromatic heterocycles. The van der Waals surface area contributed by atoms with Gasteiger partial charge in [0.05, 0.1) is 12.5 Å². The van der Waals surface area contributed by atoms with E-state index in [0.29, 0.717) is 30.9 Å². The van der Waals surface area contributed by atoms with Gasteiger partial charge < -0.3 is 5.32 Å². The Balaban J connectivity index is 1.64. The Morgan fingerprint density at radius 3 is 2.88 bits per heavy atom. The molecule has 0 spiro atoms. The Kier molecular flexibility index (Phi) is 5.26. The van der Waals surface area contributed by atoms with E-state index < -0.39 is 18.6 Å². The lowest BCUT2D eigenvalue weighted by Gasteiger charge is -2.32. The van der Waals surface area contributed by atoms with E-state index in [2.05, 4.69) is 15.4 Å². The number of rotatable bonds is 4. The maximum absolute atomic E-state index is 12.6. The van der Waals surface area contributed by atoms with E-state index in [1.54, 1.807) is 36.3 Å². The maximum Gasteiger partial charge on any atom is 0.401 e. The average Bonchev–Trinajstić information content (AvgIpc) is 3.00. The fourth-order valence-corrected chi connectivity index (χ4v) is 3.12. The molecule has 1 aliphatic heterocycles. The van der Waals surface area contributed by atoms with Gasteiger partial charge in [-0.2, -0.15) is 18.3 Å². The largest absolute Gasteiger partial charge is 0.401 e. The van der Waals surface area contributed by atoms with Crippen LogP contribution in [0.25, 0.3) is 11.4 Å². The predicted octanol–water partition coefficient (Wildman–Crippen LogP) is 2.69. The molecule has 6 nitrogen and oxygen atoms in total. The average molecular weight is 367 g/mol. The van der Waals surface area contributed by atoms with E-state index in [1.165, 1.54) is 4.90 Å². The summed E-state index contributed by atoms with van der Waals surface area (Å²) in [6.45, 7) is -0.492. The van der Waals surface area contributed by atoms with Crippen LogP contribution in [-0.2, 0) is 11.8 Å². The summed E-state index contributed by atoms with van der Waals surface area (Å²) in [5.74, 6) is -0.177. The van der Waals surface area contributed by atoms with Gasteiger partial charge in [0.25, 0.3) is 0 Å². The molecule has 0 saturated carbocycles. The highest BCUT2D eigenvalue weighted by Crippen LogP contribution is 2.24. The first-order valence-corrected chi connectivity index (χ1v) is 8.36. The van der Waals surface area contributed by atoms with Crippen LogP contribution in [0.3, 0.4) is 0 Å². The van der Waals surface area contributed by atoms with Crippen LogP contribution in [-0.4, -0.2) is 51.4 Å². The number of carbonyl (C=O) groups excluding carboxylic acids is 1. The molecule has 1 fully saturated rings. The minimum Gasteiger partial charge on any atom is -0.326 e. The SMILES string of the molecule is Cn1cnc(-c2cccc(NC(=O)C3CCCN(CC(F)(F)F)C3)c2)n1. The number of amides is 1. The van der Waals surface area contributed by atoms with Crippen LogP contribution in [0.2, 0.25) is 0 Å². The van der Waals surface area contributed by atoms with Crippen molar-refractivity contribution in [1.29, 1.82) is 0 Å². The molecule has 2 heterocycles. The summed E-state index contributed by atoms with van der Waals surface area (Å²) in [5.41, 5.74) is 1.33. The van der Waals surface area contributed by atoms with Gasteiger partial charge in [-0.25, -0.2) is 4.98 Å². The van der Waals surface area contributed by atoms with E-state index >= 15 is 0 Å². The molecule has 3 rings (SSSR count). The quantitative estimate of drug-likeness (QED) is 0.903. The number of nitrogens with zero attached hydrogens (tertiary/aromatic N) is 4. The van der Waals surface area contributed by atoms with Crippen molar-refractivity contribution in [1.82, 2.24) is 19.7 Å². The molecule has 2 aromatic rings. The van der Waals surface area contributed by atoms with Crippen LogP contribution in [0.4, 0.5) is 18.9 Å². The number of hydrogen-bond acceptors (Lipinski definition) is 4. The molecule has 140 valence electrons. The Bertz CT molecular complexity index is 774. The van der Waals surface area contributed by atoms with Crippen LogP contribution < -0.4 is 5.32 Å². The summed E-state index contributed by atoms with van der Waals surface area (Å²) in [6, 6.07) is 7.10. The van der Waals surface area contributed by atoms with Crippen molar-refractivity contribution in [3.05, 3.63) is 30.6 Å². The second-order valence-electron chi connectivity index (χ2n) is 6.50. The lowest BCUT2D eigenvalue weighted by atomic mass is 9.97. The van der Waals surface area contributed by atoms with Gasteiger partial charge in [-0.1, -0.05) is 12.1 Å². The van der Waals surface area contributed by atoms with Crippen LogP contribution >= 0.6 is 0 Å². The van der Waals surface area contributed by atoms with E-state index in [0.717, 1.165) is 5.56 Å². The minimum absolute atomic E-state index is 0.118. The van der Waals surface area contributed by atoms with Gasteiger partial charge in [-0.05, 0) is 31.5 Å². The third-order valence-electron chi connectivity index (χ3n) is 4.27. The molecule has 0 radical (unpaired) electrons. The molecule has 0 bridgehead atoms. The monoisotopic (exact) mass is 367 g/mol. The highest BCUT2D eigenvalue weighted by atomic mass is 19.4. The van der Waals surface area contributed by atoms with Crippen LogP contribution in [0, 0.1) is 5.92 Å². The molecule has 1 amide bonds. The number of carbonyl (C=O) groups is 1. The summed E-state index contributed by atoms with van der Waals surface area (Å²) in [6.07, 6.45) is -1.51. The second kappa shape index (κ2) is 7.45. The molecule has 26 heavy (non-hydrogen) atoms. The summed E-state index contributed by atoms with van der Waals surface area (Å²) >= 11 is 0. The number of alkyl halides is 3. The third kappa shape index (κ3) is 4.81. The second-order valence-corrected chi connectivity index (χ2v) is 6.50. The van der Waals surface area contributed by atoms with Gasteiger partial charge in [0.1, 0.15) is 6.33 Å². The lowest BCUT2D eigenvalue weighted by molar-refractivity contribution is -0.151. The summed E-state index contributed by atoms with van der Waals surface area (Å²) < 4.78 is 39.3. The number of hydrogen-bond donors (Lipinski definition) is 1. The first-order valence-electron chi connectivity index (χ1n) is 8.36. The van der Waals surface area contributed by atoms with Crippen molar-refractivity contribution >= 4 is 11.6 Å². The number of likely N-dealkylation sites (tertiary alicyclic amines) is 1. The summed E-state index contributed by atoms with van der Waals surface area (Å²) in [4.78, 5) is 17.9. The van der Waals surface area contributed by atoms with E-state index in [-0.39, 0.29) is 12.5 Å². The van der Waals surface area contributed by atoms with Gasteiger partial charge in [-0.3, -0.25) is 14.4 Å². The Morgan fingerprint density at radius 2 is 2.19 bits per heavy atom. The number of halogens is 3. The zero-order chi connectivity index (χ0) is 18.7. The first kappa shape index (κ1) is 18.4. The summed E-state index contributed by atoms with van der Waals surface area (Å²) in [5, 5.41) is 7.02. The topological polar surface area (TPSA) is 63.1 Å². The van der Waals surface area contributed by atoms with Gasteiger partial charge in [0.15, 0.2) is 5.82 Å². The van der Waals surface area contributed by atoms with Crippen molar-refractivity contribution < 1.29 is 18.0 Å². The number of anilines is 1. The maximum atomic E-state index is 12.6. The molecule has 1 saturated heterocycles. The van der Waals surface area contributed by atoms with Gasteiger partial charge in [-0.15, -0.1) is 0 Å². The predicted molar refractivity (Wildman–Crippen MR) is 90.3 cm³/mol. The van der Waals surface area contributed by atoms with E-state index in [4.69, 9.17) is 0 Å². The van der Waals surface area contributed by atoms with Crippen molar-refractivity contribution in [2.75, 3.05) is 25.0 Å². The Hall–Kier alpha value is -2.42. The number of aromatic nitrogens is 3. The highest BCUT2D eigenvalue weighted by molar-refractivity contribution is 5.93. The molecule has 0 aliphatic carbocycles. The van der Waals surface area contributed by atoms with Crippen LogP contribution in [0.5, 0.6) is 0 Å². The Morgan fingerprint density at radius 1 is 1.38 bits per heavy atom. The molecule has 1 unspecified atom stereocenters. The molecular weight excluding hydrogens is 347 g/mol. The van der Waals surface area contributed by atoms with Gasteiger partial charge >= 0.3 is 6.18 Å². The standard InChI is InChI=1S/C17H20F3N5O/c1-24-11-21-15(23-24)12-4-2-6-14(8-12)22-16(26)13-5-3-7-25(9-13)10-17(18,19)20/h2,4,6,8,11,13H,3,5,7,9-10H2,1H3,(H,22,26).